The van der Waals surface area contributed by atoms with Gasteiger partial charge in [0, 0.05) is 24.0 Å². The van der Waals surface area contributed by atoms with E-state index in [9.17, 15) is 4.79 Å². The van der Waals surface area contributed by atoms with Crippen molar-refractivity contribution in [1.82, 2.24) is 0 Å². The van der Waals surface area contributed by atoms with Crippen LogP contribution in [0.2, 0.25) is 0 Å². The van der Waals surface area contributed by atoms with Crippen LogP contribution >= 0.6 is 0 Å². The second-order valence-corrected chi connectivity index (χ2v) is 1.77. The summed E-state index contributed by atoms with van der Waals surface area (Å²) in [5.41, 5.74) is 0. The van der Waals surface area contributed by atoms with E-state index in [1.165, 1.54) is 6.92 Å². The number of aliphatic hydroxyl groups is 1. The summed E-state index contributed by atoms with van der Waals surface area (Å²) in [6, 6.07) is 0. The molecular weight excluding hydrogens is 222 g/mol. The fourth-order valence-corrected chi connectivity index (χ4v) is 0.172. The number of carbonyl (C=O) groups is 2. The number of aliphatic carboxylic acids is 2. The monoisotopic (exact) mass is 233 g/mol. The van der Waals surface area contributed by atoms with Crippen LogP contribution in [0.5, 0.6) is 0 Å². The van der Waals surface area contributed by atoms with Gasteiger partial charge in [-0.1, -0.05) is 0 Å². The average molecular weight is 233 g/mol. The predicted octanol–water partition coefficient (Wildman–Crippen LogP) is -0.432. The maximum Gasteiger partial charge on any atom is 0.346 e. The Balaban J connectivity index is -0.000000173. The van der Waals surface area contributed by atoms with Gasteiger partial charge in [0.05, 0.1) is 0 Å². The minimum atomic E-state index is -1.15. The molecule has 1 atom stereocenters. The van der Waals surface area contributed by atoms with Crippen molar-refractivity contribution in [1.29, 1.82) is 0 Å². The first kappa shape index (κ1) is 18.0. The van der Waals surface area contributed by atoms with Crippen molar-refractivity contribution >= 4 is 18.2 Å². The Labute approximate surface area is 85.8 Å². The molecule has 13 heavy (non-hydrogen) atoms. The first-order valence-electron chi connectivity index (χ1n) is 3.00. The van der Waals surface area contributed by atoms with E-state index in [0.717, 1.165) is 6.92 Å². The number of hydrogen-bond donors (Lipinski definition) is 3. The van der Waals surface area contributed by atoms with Gasteiger partial charge >= 0.3 is 5.97 Å². The largest absolute Gasteiger partial charge is 0.481 e. The quantitative estimate of drug-likeness (QED) is 0.443. The Morgan fingerprint density at radius 3 is 1.77 bits per heavy atom. The molecule has 0 aliphatic rings. The SMILES string of the molecule is CC(=O)O.CC(O)N=CC(=O)O.[Fe]. The van der Waals surface area contributed by atoms with E-state index < -0.39 is 18.2 Å². The molecule has 3 N–H and O–H groups in total. The van der Waals surface area contributed by atoms with Crippen LogP contribution < -0.4 is 0 Å². The summed E-state index contributed by atoms with van der Waals surface area (Å²) in [5, 5.41) is 23.7. The van der Waals surface area contributed by atoms with Crippen molar-refractivity contribution in [2.45, 2.75) is 20.1 Å². The molecule has 0 amide bonds. The molecule has 0 aliphatic carbocycles. The Kier molecular flexibility index (Phi) is 15.4. The summed E-state index contributed by atoms with van der Waals surface area (Å²) < 4.78 is 0. The molecule has 0 aromatic carbocycles. The second kappa shape index (κ2) is 11.1. The van der Waals surface area contributed by atoms with E-state index in [2.05, 4.69) is 4.99 Å². The zero-order valence-corrected chi connectivity index (χ0v) is 8.22. The second-order valence-electron chi connectivity index (χ2n) is 1.77. The molecular formula is C6H11FeNO5. The zero-order valence-electron chi connectivity index (χ0n) is 7.11. The topological polar surface area (TPSA) is 107 Å². The fraction of sp³-hybridized carbons (Fsp3) is 0.500. The van der Waals surface area contributed by atoms with E-state index in [-0.39, 0.29) is 17.1 Å². The predicted molar refractivity (Wildman–Crippen MR) is 41.1 cm³/mol. The summed E-state index contributed by atoms with van der Waals surface area (Å²) in [7, 11) is 0. The summed E-state index contributed by atoms with van der Waals surface area (Å²) in [6.07, 6.45) is -0.268. The van der Waals surface area contributed by atoms with Gasteiger partial charge in [-0.3, -0.25) is 9.79 Å². The molecule has 0 rings (SSSR count). The van der Waals surface area contributed by atoms with E-state index in [4.69, 9.17) is 20.1 Å². The standard InChI is InChI=1S/C4H7NO3.C2H4O2.Fe/c1-3(6)5-2-4(7)8;1-2(3)4;/h2-3,6H,1H3,(H,7,8);1H3,(H,3,4);. The van der Waals surface area contributed by atoms with E-state index in [1.54, 1.807) is 0 Å². The maximum absolute atomic E-state index is 9.64. The van der Waals surface area contributed by atoms with E-state index in [0.29, 0.717) is 6.21 Å². The Morgan fingerprint density at radius 2 is 1.69 bits per heavy atom. The zero-order chi connectivity index (χ0) is 10.1. The molecule has 6 nitrogen and oxygen atoms in total. The summed E-state index contributed by atoms with van der Waals surface area (Å²) in [5.74, 6) is -1.98. The Morgan fingerprint density at radius 1 is 1.38 bits per heavy atom. The molecule has 0 fully saturated rings. The van der Waals surface area contributed by atoms with Gasteiger partial charge in [-0.05, 0) is 6.92 Å². The molecule has 0 aromatic heterocycles. The third kappa shape index (κ3) is 54.8. The number of carboxylic acids is 2. The Hall–Kier alpha value is -0.911. The molecule has 78 valence electrons. The molecule has 0 bridgehead atoms. The number of carboxylic acid groups (broad SMARTS) is 2. The third-order valence-corrected chi connectivity index (χ3v) is 0.401. The molecule has 0 saturated heterocycles. The van der Waals surface area contributed by atoms with E-state index in [1.807, 2.05) is 0 Å². The van der Waals surface area contributed by atoms with Gasteiger partial charge in [0.25, 0.3) is 5.97 Å². The van der Waals surface area contributed by atoms with Gasteiger partial charge in [0.1, 0.15) is 12.4 Å². The maximum atomic E-state index is 9.64. The van der Waals surface area contributed by atoms with Crippen molar-refractivity contribution in [2.24, 2.45) is 4.99 Å². The number of aliphatic imine (C=N–C) groups is 1. The van der Waals surface area contributed by atoms with Crippen LogP contribution in [0.15, 0.2) is 4.99 Å². The first-order chi connectivity index (χ1) is 5.36. The van der Waals surface area contributed by atoms with Gasteiger partial charge in [-0.2, -0.15) is 0 Å². The molecule has 0 heterocycles. The van der Waals surface area contributed by atoms with Crippen molar-refractivity contribution in [3.63, 3.8) is 0 Å². The molecule has 7 heteroatoms. The van der Waals surface area contributed by atoms with Crippen LogP contribution in [0.3, 0.4) is 0 Å². The third-order valence-electron chi connectivity index (χ3n) is 0.401. The molecule has 0 saturated carbocycles. The minimum absolute atomic E-state index is 0. The summed E-state index contributed by atoms with van der Waals surface area (Å²) in [4.78, 5) is 21.8. The fourth-order valence-electron chi connectivity index (χ4n) is 0.172. The molecule has 0 radical (unpaired) electrons. The molecule has 0 spiro atoms. The van der Waals surface area contributed by atoms with Crippen LogP contribution in [0.1, 0.15) is 13.8 Å². The van der Waals surface area contributed by atoms with Crippen molar-refractivity contribution in [2.75, 3.05) is 0 Å². The minimum Gasteiger partial charge on any atom is -0.481 e. The molecule has 1 unspecified atom stereocenters. The summed E-state index contributed by atoms with van der Waals surface area (Å²) in [6.45, 7) is 2.46. The number of rotatable bonds is 2. The number of aliphatic hydroxyl groups excluding tert-OH is 1. The van der Waals surface area contributed by atoms with Gasteiger partial charge in [0.15, 0.2) is 0 Å². The van der Waals surface area contributed by atoms with Gasteiger partial charge < -0.3 is 15.3 Å². The van der Waals surface area contributed by atoms with E-state index >= 15 is 0 Å². The Bertz CT molecular complexity index is 176. The van der Waals surface area contributed by atoms with Crippen molar-refractivity contribution in [3.8, 4) is 0 Å². The average Bonchev–Trinajstić information content (AvgIpc) is 1.82. The van der Waals surface area contributed by atoms with Crippen LogP contribution in [0, 0.1) is 0 Å². The van der Waals surface area contributed by atoms with Crippen LogP contribution in [-0.2, 0) is 26.7 Å². The molecule has 0 aliphatic heterocycles. The van der Waals surface area contributed by atoms with Crippen LogP contribution in [0.4, 0.5) is 0 Å². The van der Waals surface area contributed by atoms with Crippen LogP contribution in [-0.4, -0.2) is 39.7 Å². The van der Waals surface area contributed by atoms with Gasteiger partial charge in [-0.15, -0.1) is 0 Å². The normalized spacial score (nSPS) is 10.7. The van der Waals surface area contributed by atoms with Crippen molar-refractivity contribution < 1.29 is 42.0 Å². The van der Waals surface area contributed by atoms with Crippen molar-refractivity contribution in [3.05, 3.63) is 0 Å². The number of nitrogens with zero attached hydrogens (tertiary/aromatic N) is 1. The van der Waals surface area contributed by atoms with Gasteiger partial charge in [-0.25, -0.2) is 4.79 Å². The number of hydrogen-bond acceptors (Lipinski definition) is 4. The van der Waals surface area contributed by atoms with Crippen LogP contribution in [0.25, 0.3) is 0 Å². The first-order valence-corrected chi connectivity index (χ1v) is 3.00. The molecule has 0 aromatic rings. The summed E-state index contributed by atoms with van der Waals surface area (Å²) >= 11 is 0. The smallest absolute Gasteiger partial charge is 0.346 e. The van der Waals surface area contributed by atoms with Gasteiger partial charge in [0.2, 0.25) is 0 Å².